The first kappa shape index (κ1) is 20.6. The van der Waals surface area contributed by atoms with Gasteiger partial charge in [0.15, 0.2) is 0 Å². The van der Waals surface area contributed by atoms with Crippen LogP contribution in [-0.4, -0.2) is 46.3 Å². The SMILES string of the molecule is CNC(=O)n1ccc2cc(Oc3ccnc(N(CCCC(=O)O)C(N)=O)c3)ccc21. The summed E-state index contributed by atoms with van der Waals surface area (Å²) in [7, 11) is 1.56. The number of carboxylic acids is 1. The number of urea groups is 1. The molecule has 0 atom stereocenters. The van der Waals surface area contributed by atoms with Gasteiger partial charge in [0.05, 0.1) is 5.52 Å². The summed E-state index contributed by atoms with van der Waals surface area (Å²) in [6, 6.07) is 9.27. The van der Waals surface area contributed by atoms with Crippen LogP contribution in [0.4, 0.5) is 15.4 Å². The molecule has 3 amide bonds. The molecular formula is C20H21N5O5. The van der Waals surface area contributed by atoms with E-state index in [0.29, 0.717) is 11.5 Å². The van der Waals surface area contributed by atoms with Crippen molar-refractivity contribution in [3.05, 3.63) is 48.8 Å². The Morgan fingerprint density at radius 2 is 1.97 bits per heavy atom. The highest BCUT2D eigenvalue weighted by atomic mass is 16.5. The van der Waals surface area contributed by atoms with Gasteiger partial charge in [-0.3, -0.25) is 14.3 Å². The van der Waals surface area contributed by atoms with E-state index in [1.807, 2.05) is 0 Å². The minimum atomic E-state index is -0.954. The number of fused-ring (bicyclic) bond motifs is 1. The lowest BCUT2D eigenvalue weighted by atomic mass is 10.2. The van der Waals surface area contributed by atoms with E-state index >= 15 is 0 Å². The second-order valence-corrected chi connectivity index (χ2v) is 6.40. The second-order valence-electron chi connectivity index (χ2n) is 6.40. The normalized spacial score (nSPS) is 10.6. The third kappa shape index (κ3) is 4.66. The molecule has 0 aliphatic carbocycles. The fourth-order valence-electron chi connectivity index (χ4n) is 2.95. The first-order valence-electron chi connectivity index (χ1n) is 9.15. The highest BCUT2D eigenvalue weighted by Crippen LogP contribution is 2.28. The number of aromatic nitrogens is 2. The minimum Gasteiger partial charge on any atom is -0.481 e. The second kappa shape index (κ2) is 8.95. The third-order valence-corrected chi connectivity index (χ3v) is 4.36. The zero-order valence-corrected chi connectivity index (χ0v) is 16.2. The number of carbonyl (C=O) groups excluding carboxylic acids is 2. The van der Waals surface area contributed by atoms with E-state index in [2.05, 4.69) is 10.3 Å². The molecule has 3 aromatic rings. The van der Waals surface area contributed by atoms with Crippen molar-refractivity contribution in [2.75, 3.05) is 18.5 Å². The molecule has 0 unspecified atom stereocenters. The van der Waals surface area contributed by atoms with Crippen molar-refractivity contribution in [3.63, 3.8) is 0 Å². The quantitative estimate of drug-likeness (QED) is 0.546. The van der Waals surface area contributed by atoms with Gasteiger partial charge in [-0.2, -0.15) is 0 Å². The third-order valence-electron chi connectivity index (χ3n) is 4.36. The summed E-state index contributed by atoms with van der Waals surface area (Å²) in [5.74, 6) is 0.266. The Labute approximate surface area is 171 Å². The summed E-state index contributed by atoms with van der Waals surface area (Å²) in [5, 5.41) is 12.2. The molecule has 0 aliphatic heterocycles. The number of rotatable bonds is 7. The average Bonchev–Trinajstić information content (AvgIpc) is 3.13. The number of carboxylic acid groups (broad SMARTS) is 1. The Kier molecular flexibility index (Phi) is 6.16. The van der Waals surface area contributed by atoms with Crippen molar-refractivity contribution in [1.82, 2.24) is 14.9 Å². The van der Waals surface area contributed by atoms with Gasteiger partial charge in [0.1, 0.15) is 17.3 Å². The summed E-state index contributed by atoms with van der Waals surface area (Å²) < 4.78 is 7.36. The van der Waals surface area contributed by atoms with Crippen molar-refractivity contribution >= 4 is 34.8 Å². The molecule has 4 N–H and O–H groups in total. The van der Waals surface area contributed by atoms with Gasteiger partial charge in [0.2, 0.25) is 0 Å². The number of ether oxygens (including phenoxy) is 1. The van der Waals surface area contributed by atoms with E-state index in [4.69, 9.17) is 15.6 Å². The predicted octanol–water partition coefficient (Wildman–Crippen LogP) is 2.77. The number of anilines is 1. The minimum absolute atomic E-state index is 0.0876. The highest BCUT2D eigenvalue weighted by molar-refractivity contribution is 5.92. The summed E-state index contributed by atoms with van der Waals surface area (Å²) in [6.45, 7) is 0.122. The Bertz CT molecular complexity index is 1090. The van der Waals surface area contributed by atoms with Crippen LogP contribution in [0.3, 0.4) is 0 Å². The van der Waals surface area contributed by atoms with Crippen LogP contribution in [0.25, 0.3) is 10.9 Å². The first-order chi connectivity index (χ1) is 14.4. The van der Waals surface area contributed by atoms with Crippen LogP contribution in [0, 0.1) is 0 Å². The average molecular weight is 411 g/mol. The molecule has 1 aromatic carbocycles. The largest absolute Gasteiger partial charge is 0.481 e. The smallest absolute Gasteiger partial charge is 0.325 e. The summed E-state index contributed by atoms with van der Waals surface area (Å²) in [5.41, 5.74) is 6.14. The van der Waals surface area contributed by atoms with Gasteiger partial charge in [-0.25, -0.2) is 14.6 Å². The molecule has 0 radical (unpaired) electrons. The number of nitrogens with one attached hydrogen (secondary N) is 1. The van der Waals surface area contributed by atoms with E-state index in [1.165, 1.54) is 15.7 Å². The molecule has 3 rings (SSSR count). The standard InChI is InChI=1S/C20H21N5O5/c1-22-20(29)24-10-7-13-11-14(4-5-16(13)24)30-15-6-8-23-17(12-15)25(19(21)28)9-2-3-18(26)27/h4-8,10-12H,2-3,9H2,1H3,(H2,21,28)(H,22,29)(H,26,27). The number of carbonyl (C=O) groups is 3. The molecule has 2 heterocycles. The maximum Gasteiger partial charge on any atom is 0.325 e. The van der Waals surface area contributed by atoms with E-state index in [-0.39, 0.29) is 31.2 Å². The van der Waals surface area contributed by atoms with Gasteiger partial charge in [-0.05, 0) is 36.8 Å². The van der Waals surface area contributed by atoms with Gasteiger partial charge < -0.3 is 20.9 Å². The van der Waals surface area contributed by atoms with Crippen molar-refractivity contribution in [2.24, 2.45) is 5.73 Å². The number of hydrogen-bond donors (Lipinski definition) is 3. The predicted molar refractivity (Wildman–Crippen MR) is 110 cm³/mol. The Balaban J connectivity index is 1.79. The van der Waals surface area contributed by atoms with Crippen LogP contribution in [-0.2, 0) is 4.79 Å². The Morgan fingerprint density at radius 1 is 1.20 bits per heavy atom. The van der Waals surface area contributed by atoms with Crippen LogP contribution in [0.15, 0.2) is 48.8 Å². The lowest BCUT2D eigenvalue weighted by Crippen LogP contribution is -2.37. The maximum absolute atomic E-state index is 11.9. The van der Waals surface area contributed by atoms with Crippen LogP contribution in [0.2, 0.25) is 0 Å². The Hall–Kier alpha value is -4.08. The zero-order chi connectivity index (χ0) is 21.7. The zero-order valence-electron chi connectivity index (χ0n) is 16.2. The molecule has 156 valence electrons. The number of nitrogens with zero attached hydrogens (tertiary/aromatic N) is 3. The Morgan fingerprint density at radius 3 is 2.67 bits per heavy atom. The monoisotopic (exact) mass is 411 g/mol. The van der Waals surface area contributed by atoms with Crippen molar-refractivity contribution in [1.29, 1.82) is 0 Å². The molecule has 0 bridgehead atoms. The molecule has 0 aliphatic rings. The van der Waals surface area contributed by atoms with Gasteiger partial charge in [0.25, 0.3) is 0 Å². The number of benzene rings is 1. The first-order valence-corrected chi connectivity index (χ1v) is 9.15. The molecule has 10 nitrogen and oxygen atoms in total. The highest BCUT2D eigenvalue weighted by Gasteiger charge is 2.15. The summed E-state index contributed by atoms with van der Waals surface area (Å²) >= 11 is 0. The molecule has 10 heteroatoms. The number of aliphatic carboxylic acids is 1. The fourth-order valence-corrected chi connectivity index (χ4v) is 2.95. The number of pyridine rings is 1. The number of nitrogens with two attached hydrogens (primary N) is 1. The van der Waals surface area contributed by atoms with Gasteiger partial charge in [-0.1, -0.05) is 0 Å². The number of hydrogen-bond acceptors (Lipinski definition) is 5. The summed E-state index contributed by atoms with van der Waals surface area (Å²) in [4.78, 5) is 39.7. The van der Waals surface area contributed by atoms with Crippen molar-refractivity contribution < 1.29 is 24.2 Å². The van der Waals surface area contributed by atoms with E-state index in [0.717, 1.165) is 10.9 Å². The van der Waals surface area contributed by atoms with Gasteiger partial charge >= 0.3 is 18.0 Å². The molecule has 0 spiro atoms. The van der Waals surface area contributed by atoms with Crippen LogP contribution in [0.1, 0.15) is 12.8 Å². The van der Waals surface area contributed by atoms with Gasteiger partial charge in [-0.15, -0.1) is 0 Å². The van der Waals surface area contributed by atoms with E-state index in [1.54, 1.807) is 49.6 Å². The molecule has 0 fully saturated rings. The topological polar surface area (TPSA) is 140 Å². The molecule has 0 saturated carbocycles. The maximum atomic E-state index is 11.9. The van der Waals surface area contributed by atoms with E-state index < -0.39 is 12.0 Å². The molecule has 2 aromatic heterocycles. The number of primary amides is 1. The summed E-state index contributed by atoms with van der Waals surface area (Å²) in [6.07, 6.45) is 3.29. The van der Waals surface area contributed by atoms with Gasteiger partial charge in [0, 0.05) is 43.9 Å². The van der Waals surface area contributed by atoms with Crippen molar-refractivity contribution in [2.45, 2.75) is 12.8 Å². The van der Waals surface area contributed by atoms with Crippen LogP contribution < -0.4 is 20.7 Å². The number of amides is 3. The molecule has 0 saturated heterocycles. The molecule has 30 heavy (non-hydrogen) atoms. The lowest BCUT2D eigenvalue weighted by Gasteiger charge is -2.19. The van der Waals surface area contributed by atoms with Crippen LogP contribution >= 0.6 is 0 Å². The lowest BCUT2D eigenvalue weighted by molar-refractivity contribution is -0.137. The van der Waals surface area contributed by atoms with Crippen molar-refractivity contribution in [3.8, 4) is 11.5 Å². The van der Waals surface area contributed by atoms with Crippen LogP contribution in [0.5, 0.6) is 11.5 Å². The fraction of sp³-hybridized carbons (Fsp3) is 0.200. The molecular weight excluding hydrogens is 390 g/mol. The van der Waals surface area contributed by atoms with E-state index in [9.17, 15) is 14.4 Å².